The van der Waals surface area contributed by atoms with Gasteiger partial charge < -0.3 is 14.7 Å². The quantitative estimate of drug-likeness (QED) is 0.841. The minimum Gasteiger partial charge on any atom is -0.464 e. The van der Waals surface area contributed by atoms with E-state index in [0.717, 1.165) is 31.9 Å². The summed E-state index contributed by atoms with van der Waals surface area (Å²) in [6, 6.07) is 8.08. The minimum atomic E-state index is -1.22. The van der Waals surface area contributed by atoms with Gasteiger partial charge in [-0.25, -0.2) is 4.79 Å². The number of anilines is 1. The maximum Gasteiger partial charge on any atom is 0.339 e. The van der Waals surface area contributed by atoms with Gasteiger partial charge in [-0.05, 0) is 26.8 Å². The number of hydrogen-bond donors (Lipinski definition) is 1. The third-order valence-electron chi connectivity index (χ3n) is 4.13. The number of hydrogen-bond acceptors (Lipinski definition) is 5. The number of nitrogens with zero attached hydrogens (tertiary/aromatic N) is 2. The fourth-order valence-corrected chi connectivity index (χ4v) is 2.83. The number of aliphatic hydroxyl groups is 1. The maximum absolute atomic E-state index is 11.8. The summed E-state index contributed by atoms with van der Waals surface area (Å²) in [5, 5.41) is 10.3. The van der Waals surface area contributed by atoms with Gasteiger partial charge in [0.25, 0.3) is 0 Å². The Labute approximate surface area is 132 Å². The minimum absolute atomic E-state index is 0.269. The molecule has 1 aromatic rings. The number of carbonyl (C=O) groups excluding carboxylic acids is 1. The Balaban J connectivity index is 2.14. The van der Waals surface area contributed by atoms with Gasteiger partial charge in [-0.15, -0.1) is 0 Å². The summed E-state index contributed by atoms with van der Waals surface area (Å²) in [6.45, 7) is 10.2. The van der Waals surface area contributed by atoms with Crippen LogP contribution in [0.15, 0.2) is 24.3 Å². The summed E-state index contributed by atoms with van der Waals surface area (Å²) in [5.41, 5.74) is 1.55. The average molecular weight is 306 g/mol. The molecule has 0 amide bonds. The van der Waals surface area contributed by atoms with E-state index in [4.69, 9.17) is 4.74 Å². The van der Waals surface area contributed by atoms with Crippen molar-refractivity contribution in [1.29, 1.82) is 0 Å². The van der Waals surface area contributed by atoms with Crippen LogP contribution < -0.4 is 4.90 Å². The number of ether oxygens (including phenoxy) is 1. The Hall–Kier alpha value is -1.59. The number of carbonyl (C=O) groups is 1. The first-order valence-electron chi connectivity index (χ1n) is 7.97. The van der Waals surface area contributed by atoms with E-state index in [1.54, 1.807) is 13.0 Å². The van der Waals surface area contributed by atoms with E-state index in [0.29, 0.717) is 11.6 Å². The Morgan fingerprint density at radius 3 is 2.45 bits per heavy atom. The molecule has 1 heterocycles. The second-order valence-corrected chi connectivity index (χ2v) is 5.83. The van der Waals surface area contributed by atoms with E-state index in [9.17, 15) is 9.90 Å². The highest BCUT2D eigenvalue weighted by Crippen LogP contribution is 2.28. The van der Waals surface area contributed by atoms with Crippen LogP contribution in [0.4, 0.5) is 5.69 Å². The number of benzene rings is 1. The van der Waals surface area contributed by atoms with Crippen LogP contribution >= 0.6 is 0 Å². The van der Waals surface area contributed by atoms with Crippen molar-refractivity contribution in [3.8, 4) is 0 Å². The van der Waals surface area contributed by atoms with Crippen molar-refractivity contribution in [2.24, 2.45) is 0 Å². The van der Waals surface area contributed by atoms with Gasteiger partial charge in [0.1, 0.15) is 0 Å². The molecule has 0 aliphatic carbocycles. The van der Waals surface area contributed by atoms with Gasteiger partial charge in [0.15, 0.2) is 6.10 Å². The van der Waals surface area contributed by atoms with E-state index in [1.165, 1.54) is 0 Å². The van der Waals surface area contributed by atoms with Crippen molar-refractivity contribution in [3.63, 3.8) is 0 Å². The molecule has 1 saturated heterocycles. The molecular weight excluding hydrogens is 280 g/mol. The SMILES string of the molecule is CCOC(=O)C(O)c1ccccc1N1CCN(C(C)C)CC1. The first-order chi connectivity index (χ1) is 10.5. The van der Waals surface area contributed by atoms with Gasteiger partial charge in [-0.2, -0.15) is 0 Å². The molecule has 0 radical (unpaired) electrons. The van der Waals surface area contributed by atoms with Gasteiger partial charge in [-0.3, -0.25) is 4.90 Å². The van der Waals surface area contributed by atoms with Crippen LogP contribution in [0.5, 0.6) is 0 Å². The molecule has 5 heteroatoms. The number of piperazine rings is 1. The second-order valence-electron chi connectivity index (χ2n) is 5.83. The molecule has 0 spiro atoms. The average Bonchev–Trinajstić information content (AvgIpc) is 2.54. The van der Waals surface area contributed by atoms with Gasteiger partial charge >= 0.3 is 5.97 Å². The summed E-state index contributed by atoms with van der Waals surface area (Å²) in [5.74, 6) is -0.587. The molecule has 22 heavy (non-hydrogen) atoms. The van der Waals surface area contributed by atoms with E-state index < -0.39 is 12.1 Å². The van der Waals surface area contributed by atoms with Crippen molar-refractivity contribution in [3.05, 3.63) is 29.8 Å². The molecule has 1 N–H and O–H groups in total. The summed E-state index contributed by atoms with van der Waals surface area (Å²) in [6.07, 6.45) is -1.22. The third kappa shape index (κ3) is 3.78. The highest BCUT2D eigenvalue weighted by molar-refractivity contribution is 5.79. The number of aliphatic hydroxyl groups excluding tert-OH is 1. The second kappa shape index (κ2) is 7.61. The largest absolute Gasteiger partial charge is 0.464 e. The molecule has 1 aliphatic heterocycles. The van der Waals surface area contributed by atoms with Gasteiger partial charge in [-0.1, -0.05) is 18.2 Å². The lowest BCUT2D eigenvalue weighted by molar-refractivity contribution is -0.153. The predicted molar refractivity (Wildman–Crippen MR) is 87.0 cm³/mol. The third-order valence-corrected chi connectivity index (χ3v) is 4.13. The van der Waals surface area contributed by atoms with Gasteiger partial charge in [0.05, 0.1) is 6.61 Å². The van der Waals surface area contributed by atoms with Crippen molar-refractivity contribution in [1.82, 2.24) is 4.90 Å². The zero-order valence-corrected chi connectivity index (χ0v) is 13.7. The van der Waals surface area contributed by atoms with Crippen molar-refractivity contribution >= 4 is 11.7 Å². The molecule has 1 atom stereocenters. The standard InChI is InChI=1S/C17H26N2O3/c1-4-22-17(21)16(20)14-7-5-6-8-15(14)19-11-9-18(10-12-19)13(2)3/h5-8,13,16,20H,4,9-12H2,1-3H3. The Kier molecular flexibility index (Phi) is 5.80. The zero-order chi connectivity index (χ0) is 16.1. The lowest BCUT2D eigenvalue weighted by Gasteiger charge is -2.39. The van der Waals surface area contributed by atoms with Crippen LogP contribution in [0.2, 0.25) is 0 Å². The van der Waals surface area contributed by atoms with Crippen molar-refractivity contribution in [2.45, 2.75) is 32.9 Å². The van der Waals surface area contributed by atoms with Crippen molar-refractivity contribution < 1.29 is 14.6 Å². The highest BCUT2D eigenvalue weighted by Gasteiger charge is 2.26. The highest BCUT2D eigenvalue weighted by atomic mass is 16.5. The van der Waals surface area contributed by atoms with E-state index in [-0.39, 0.29) is 6.61 Å². The molecule has 0 aromatic heterocycles. The molecule has 5 nitrogen and oxygen atoms in total. The fraction of sp³-hybridized carbons (Fsp3) is 0.588. The molecule has 1 unspecified atom stereocenters. The van der Waals surface area contributed by atoms with E-state index in [1.807, 2.05) is 18.2 Å². The molecule has 122 valence electrons. The molecule has 2 rings (SSSR count). The summed E-state index contributed by atoms with van der Waals surface area (Å²) in [4.78, 5) is 16.5. The lowest BCUT2D eigenvalue weighted by atomic mass is 10.1. The molecule has 1 aliphatic rings. The van der Waals surface area contributed by atoms with Gasteiger partial charge in [0.2, 0.25) is 0 Å². The van der Waals surface area contributed by atoms with Gasteiger partial charge in [0, 0.05) is 43.5 Å². The van der Waals surface area contributed by atoms with Crippen molar-refractivity contribution in [2.75, 3.05) is 37.7 Å². The topological polar surface area (TPSA) is 53.0 Å². The smallest absolute Gasteiger partial charge is 0.339 e. The lowest BCUT2D eigenvalue weighted by Crippen LogP contribution is -2.49. The van der Waals surface area contributed by atoms with Crippen LogP contribution in [0.1, 0.15) is 32.4 Å². The predicted octanol–water partition coefficient (Wildman–Crippen LogP) is 1.81. The molecule has 0 bridgehead atoms. The molecule has 1 fully saturated rings. The Morgan fingerprint density at radius 1 is 1.23 bits per heavy atom. The first kappa shape index (κ1) is 16.8. The van der Waals surface area contributed by atoms with Crippen LogP contribution in [0.3, 0.4) is 0 Å². The summed E-state index contributed by atoms with van der Waals surface area (Å²) in [7, 11) is 0. The maximum atomic E-state index is 11.8. The monoisotopic (exact) mass is 306 g/mol. The zero-order valence-electron chi connectivity index (χ0n) is 13.7. The Bertz CT molecular complexity index is 496. The number of esters is 1. The molecule has 1 aromatic carbocycles. The fourth-order valence-electron chi connectivity index (χ4n) is 2.83. The first-order valence-corrected chi connectivity index (χ1v) is 7.97. The molecule has 0 saturated carbocycles. The van der Waals surface area contributed by atoms with Crippen LogP contribution in [0, 0.1) is 0 Å². The summed E-state index contributed by atoms with van der Waals surface area (Å²) < 4.78 is 4.93. The number of rotatable bonds is 5. The van der Waals surface area contributed by atoms with E-state index in [2.05, 4.69) is 23.6 Å². The van der Waals surface area contributed by atoms with Crippen LogP contribution in [0.25, 0.3) is 0 Å². The number of para-hydroxylation sites is 1. The van der Waals surface area contributed by atoms with Crippen LogP contribution in [-0.4, -0.2) is 54.8 Å². The normalized spacial score (nSPS) is 17.6. The van der Waals surface area contributed by atoms with Crippen LogP contribution in [-0.2, 0) is 9.53 Å². The Morgan fingerprint density at radius 2 is 1.86 bits per heavy atom. The molecular formula is C17H26N2O3. The van der Waals surface area contributed by atoms with E-state index >= 15 is 0 Å². The summed E-state index contributed by atoms with van der Waals surface area (Å²) >= 11 is 0.